The molecule has 0 spiro atoms. The molecule has 218 valence electrons. The zero-order valence-corrected chi connectivity index (χ0v) is 24.8. The normalized spacial score (nSPS) is 19.2. The predicted octanol–water partition coefficient (Wildman–Crippen LogP) is 3.59. The fraction of sp³-hybridized carbons (Fsp3) is 0.387. The van der Waals surface area contributed by atoms with Gasteiger partial charge in [0.15, 0.2) is 0 Å². The molecule has 3 aromatic carbocycles. The van der Waals surface area contributed by atoms with Crippen molar-refractivity contribution in [3.63, 3.8) is 0 Å². The van der Waals surface area contributed by atoms with Gasteiger partial charge in [0.1, 0.15) is 5.37 Å². The first-order chi connectivity index (χ1) is 20.0. The van der Waals surface area contributed by atoms with Crippen LogP contribution in [0.15, 0.2) is 89.8 Å². The van der Waals surface area contributed by atoms with Gasteiger partial charge in [-0.15, -0.1) is 11.8 Å². The zero-order chi connectivity index (χ0) is 28.5. The van der Waals surface area contributed by atoms with Crippen LogP contribution in [0.1, 0.15) is 18.0 Å². The van der Waals surface area contributed by atoms with Gasteiger partial charge in [0.25, 0.3) is 0 Å². The monoisotopic (exact) mass is 594 g/mol. The molecule has 3 aromatic rings. The Morgan fingerprint density at radius 2 is 1.54 bits per heavy atom. The highest BCUT2D eigenvalue weighted by Crippen LogP contribution is 2.32. The van der Waals surface area contributed by atoms with Gasteiger partial charge in [-0.05, 0) is 41.8 Å². The molecule has 8 nitrogen and oxygen atoms in total. The largest absolute Gasteiger partial charge is 0.379 e. The Balaban J connectivity index is 1.22. The second-order valence-electron chi connectivity index (χ2n) is 10.2. The number of nitrogens with zero attached hydrogens (tertiary/aromatic N) is 2. The van der Waals surface area contributed by atoms with Gasteiger partial charge in [-0.2, -0.15) is 4.31 Å². The summed E-state index contributed by atoms with van der Waals surface area (Å²) >= 11 is 1.37. The third-order valence-corrected chi connectivity index (χ3v) is 10.7. The molecule has 2 fully saturated rings. The minimum atomic E-state index is -3.84. The van der Waals surface area contributed by atoms with E-state index >= 15 is 0 Å². The highest BCUT2D eigenvalue weighted by Gasteiger charge is 2.40. The Bertz CT molecular complexity index is 1350. The van der Waals surface area contributed by atoms with Crippen LogP contribution in [0.5, 0.6) is 0 Å². The number of hydrogen-bond acceptors (Lipinski definition) is 7. The zero-order valence-electron chi connectivity index (χ0n) is 23.2. The van der Waals surface area contributed by atoms with Gasteiger partial charge in [-0.25, -0.2) is 8.42 Å². The van der Waals surface area contributed by atoms with Crippen molar-refractivity contribution in [3.8, 4) is 11.1 Å². The van der Waals surface area contributed by atoms with E-state index in [-0.39, 0.29) is 16.8 Å². The molecule has 1 amide bonds. The first-order valence-electron chi connectivity index (χ1n) is 14.2. The topological polar surface area (TPSA) is 91.0 Å². The molecule has 0 radical (unpaired) electrons. The number of rotatable bonds is 12. The Kier molecular flexibility index (Phi) is 10.5. The fourth-order valence-corrected chi connectivity index (χ4v) is 8.26. The maximum Gasteiger partial charge on any atom is 0.249 e. The molecule has 2 aliphatic rings. The lowest BCUT2D eigenvalue weighted by molar-refractivity contribution is -0.122. The van der Waals surface area contributed by atoms with Crippen LogP contribution in [0.2, 0.25) is 0 Å². The molecule has 2 heterocycles. The Morgan fingerprint density at radius 1 is 0.878 bits per heavy atom. The third kappa shape index (κ3) is 7.77. The van der Waals surface area contributed by atoms with Crippen molar-refractivity contribution in [1.82, 2.24) is 19.8 Å². The summed E-state index contributed by atoms with van der Waals surface area (Å²) in [5.74, 6) is 0.289. The summed E-state index contributed by atoms with van der Waals surface area (Å²) in [6, 6.07) is 26.4. The van der Waals surface area contributed by atoms with Gasteiger partial charge < -0.3 is 15.4 Å². The van der Waals surface area contributed by atoms with E-state index < -0.39 is 15.4 Å². The molecule has 0 aromatic heterocycles. The van der Waals surface area contributed by atoms with E-state index in [4.69, 9.17) is 4.74 Å². The van der Waals surface area contributed by atoms with Crippen LogP contribution in [0, 0.1) is 0 Å². The molecule has 2 N–H and O–H groups in total. The Morgan fingerprint density at radius 3 is 2.24 bits per heavy atom. The summed E-state index contributed by atoms with van der Waals surface area (Å²) in [6.45, 7) is 6.34. The maximum atomic E-state index is 13.6. The standard InChI is InChI=1S/C31H38N4O4S2/c36-30(33-29(27-9-5-2-6-10-27)15-16-32-17-18-34-19-22-39-23-20-34)31-35(21-24-40-31)41(37,38)28-13-11-26(12-14-28)25-7-3-1-4-8-25/h1-14,29,31-32H,15-24H2,(H,33,36). The van der Waals surface area contributed by atoms with Crippen LogP contribution in [0.3, 0.4) is 0 Å². The highest BCUT2D eigenvalue weighted by molar-refractivity contribution is 8.02. The van der Waals surface area contributed by atoms with Crippen LogP contribution < -0.4 is 10.6 Å². The van der Waals surface area contributed by atoms with Crippen LogP contribution in [-0.4, -0.2) is 87.1 Å². The minimum absolute atomic E-state index is 0.196. The van der Waals surface area contributed by atoms with E-state index in [0.29, 0.717) is 18.7 Å². The lowest BCUT2D eigenvalue weighted by Gasteiger charge is -2.27. The molecule has 10 heteroatoms. The molecule has 2 atom stereocenters. The molecule has 0 bridgehead atoms. The molecule has 5 rings (SSSR count). The summed E-state index contributed by atoms with van der Waals surface area (Å²) < 4.78 is 34.0. The number of hydrogen-bond donors (Lipinski definition) is 2. The summed E-state index contributed by atoms with van der Waals surface area (Å²) in [6.07, 6.45) is 0.698. The van der Waals surface area contributed by atoms with Crippen molar-refractivity contribution >= 4 is 27.7 Å². The van der Waals surface area contributed by atoms with Gasteiger partial charge >= 0.3 is 0 Å². The number of carbonyl (C=O) groups is 1. The molecule has 0 aliphatic carbocycles. The van der Waals surface area contributed by atoms with E-state index in [1.807, 2.05) is 72.8 Å². The molecular weight excluding hydrogens is 556 g/mol. The summed E-state index contributed by atoms with van der Waals surface area (Å²) in [7, 11) is -3.84. The first kappa shape index (κ1) is 29.8. The lowest BCUT2D eigenvalue weighted by Crippen LogP contribution is -2.46. The molecule has 2 saturated heterocycles. The van der Waals surface area contributed by atoms with Crippen molar-refractivity contribution in [3.05, 3.63) is 90.5 Å². The van der Waals surface area contributed by atoms with Crippen LogP contribution in [0.25, 0.3) is 11.1 Å². The number of nitrogens with one attached hydrogen (secondary N) is 2. The molecule has 2 unspecified atom stereocenters. The molecule has 0 saturated carbocycles. The number of thioether (sulfide) groups is 1. The van der Waals surface area contributed by atoms with Crippen molar-refractivity contribution in [1.29, 1.82) is 0 Å². The van der Waals surface area contributed by atoms with Crippen LogP contribution >= 0.6 is 11.8 Å². The van der Waals surface area contributed by atoms with Crippen molar-refractivity contribution in [2.24, 2.45) is 0 Å². The van der Waals surface area contributed by atoms with Gasteiger partial charge in [0.2, 0.25) is 15.9 Å². The van der Waals surface area contributed by atoms with Crippen molar-refractivity contribution in [2.45, 2.75) is 22.7 Å². The summed E-state index contributed by atoms with van der Waals surface area (Å²) in [5.41, 5.74) is 2.97. The molecule has 2 aliphatic heterocycles. The number of carbonyl (C=O) groups excluding carboxylic acids is 1. The summed E-state index contributed by atoms with van der Waals surface area (Å²) in [4.78, 5) is 16.2. The van der Waals surface area contributed by atoms with Crippen LogP contribution in [-0.2, 0) is 19.6 Å². The summed E-state index contributed by atoms with van der Waals surface area (Å²) in [5, 5.41) is 5.86. The number of amides is 1. The van der Waals surface area contributed by atoms with Gasteiger partial charge in [-0.3, -0.25) is 9.69 Å². The fourth-order valence-electron chi connectivity index (χ4n) is 5.18. The average Bonchev–Trinajstić information content (AvgIpc) is 3.53. The van der Waals surface area contributed by atoms with E-state index in [2.05, 4.69) is 15.5 Å². The second-order valence-corrected chi connectivity index (χ2v) is 13.3. The Labute approximate surface area is 247 Å². The second kappa shape index (κ2) is 14.4. The minimum Gasteiger partial charge on any atom is -0.379 e. The number of benzene rings is 3. The number of morpholine rings is 1. The van der Waals surface area contributed by atoms with E-state index in [1.165, 1.54) is 16.1 Å². The number of ether oxygens (including phenoxy) is 1. The van der Waals surface area contributed by atoms with E-state index in [0.717, 1.165) is 62.6 Å². The van der Waals surface area contributed by atoms with Gasteiger partial charge in [-0.1, -0.05) is 72.8 Å². The smallest absolute Gasteiger partial charge is 0.249 e. The highest BCUT2D eigenvalue weighted by atomic mass is 32.2. The van der Waals surface area contributed by atoms with Gasteiger partial charge in [0, 0.05) is 38.5 Å². The lowest BCUT2D eigenvalue weighted by atomic mass is 10.0. The van der Waals surface area contributed by atoms with Crippen molar-refractivity contribution < 1.29 is 17.9 Å². The average molecular weight is 595 g/mol. The van der Waals surface area contributed by atoms with E-state index in [1.54, 1.807) is 12.1 Å². The Hall–Kier alpha value is -2.73. The number of sulfonamides is 1. The van der Waals surface area contributed by atoms with Crippen LogP contribution in [0.4, 0.5) is 0 Å². The third-order valence-electron chi connectivity index (χ3n) is 7.48. The SMILES string of the molecule is O=C(NC(CCNCCN1CCOCC1)c1ccccc1)C1SCCN1S(=O)(=O)c1ccc(-c2ccccc2)cc1. The molecule has 41 heavy (non-hydrogen) atoms. The molecular formula is C31H38N4O4S2. The quantitative estimate of drug-likeness (QED) is 0.310. The van der Waals surface area contributed by atoms with Gasteiger partial charge in [0.05, 0.1) is 24.2 Å². The maximum absolute atomic E-state index is 13.6. The first-order valence-corrected chi connectivity index (χ1v) is 16.7. The van der Waals surface area contributed by atoms with E-state index in [9.17, 15) is 13.2 Å². The van der Waals surface area contributed by atoms with Crippen molar-refractivity contribution in [2.75, 3.05) is 58.2 Å². The predicted molar refractivity (Wildman–Crippen MR) is 164 cm³/mol.